The summed E-state index contributed by atoms with van der Waals surface area (Å²) in [6.45, 7) is 5.03. The first kappa shape index (κ1) is 15.2. The molecule has 0 aromatic carbocycles. The molecule has 0 fully saturated rings. The van der Waals surface area contributed by atoms with Crippen LogP contribution in [-0.2, 0) is 6.54 Å². The van der Waals surface area contributed by atoms with Crippen molar-refractivity contribution < 1.29 is 9.84 Å². The molecule has 0 aliphatic heterocycles. The molecular weight excluding hydrogens is 250 g/mol. The zero-order valence-corrected chi connectivity index (χ0v) is 12.6. The molecule has 6 heteroatoms. The van der Waals surface area contributed by atoms with E-state index in [0.717, 1.165) is 10.0 Å². The molecular formula is C12H23N3O2S. The van der Waals surface area contributed by atoms with Crippen LogP contribution in [0.3, 0.4) is 0 Å². The second-order valence-electron chi connectivity index (χ2n) is 5.03. The predicted octanol–water partition coefficient (Wildman–Crippen LogP) is 1.47. The van der Waals surface area contributed by atoms with E-state index >= 15 is 0 Å². The first-order valence-corrected chi connectivity index (χ1v) is 6.78. The monoisotopic (exact) mass is 273 g/mol. The molecule has 1 heterocycles. The number of nitrogens with one attached hydrogen (secondary N) is 1. The first-order valence-electron chi connectivity index (χ1n) is 5.96. The lowest BCUT2D eigenvalue weighted by Crippen LogP contribution is -2.39. The molecule has 0 spiro atoms. The van der Waals surface area contributed by atoms with Crippen LogP contribution in [0.15, 0.2) is 0 Å². The Balaban J connectivity index is 2.72. The van der Waals surface area contributed by atoms with Gasteiger partial charge in [0.15, 0.2) is 5.13 Å². The summed E-state index contributed by atoms with van der Waals surface area (Å²) < 4.78 is 5.28. The number of hydrogen-bond donors (Lipinski definition) is 2. The van der Waals surface area contributed by atoms with Crippen LogP contribution in [-0.4, -0.2) is 43.4 Å². The van der Waals surface area contributed by atoms with Crippen molar-refractivity contribution in [2.45, 2.75) is 32.4 Å². The normalized spacial score (nSPS) is 11.7. The lowest BCUT2D eigenvalue weighted by atomic mass is 10.0. The largest absolute Gasteiger partial charge is 0.480 e. The Morgan fingerprint density at radius 2 is 2.11 bits per heavy atom. The molecule has 1 rings (SSSR count). The van der Waals surface area contributed by atoms with Gasteiger partial charge >= 0.3 is 0 Å². The summed E-state index contributed by atoms with van der Waals surface area (Å²) in [5.74, 6) is 0.677. The van der Waals surface area contributed by atoms with E-state index in [2.05, 4.69) is 24.1 Å². The molecule has 0 radical (unpaired) electrons. The van der Waals surface area contributed by atoms with Crippen molar-refractivity contribution in [2.24, 2.45) is 0 Å². The number of rotatable bonds is 7. The molecule has 0 aliphatic carbocycles. The molecule has 0 atom stereocenters. The average molecular weight is 273 g/mol. The standard InChI is InChI=1S/C12H23N3O2S/c1-12(2,6-7-16)13-8-9-10(17-5)14-11(18-9)15(3)4/h13,16H,6-8H2,1-5H3. The summed E-state index contributed by atoms with van der Waals surface area (Å²) in [4.78, 5) is 7.45. The highest BCUT2D eigenvalue weighted by atomic mass is 32.1. The van der Waals surface area contributed by atoms with Gasteiger partial charge in [0.25, 0.3) is 0 Å². The topological polar surface area (TPSA) is 57.6 Å². The molecule has 0 amide bonds. The maximum absolute atomic E-state index is 9.00. The summed E-state index contributed by atoms with van der Waals surface area (Å²) in [5.41, 5.74) is -0.0952. The molecule has 5 nitrogen and oxygen atoms in total. The molecule has 104 valence electrons. The van der Waals surface area contributed by atoms with Crippen molar-refractivity contribution in [3.63, 3.8) is 0 Å². The van der Waals surface area contributed by atoms with Crippen LogP contribution in [0.1, 0.15) is 25.1 Å². The quantitative estimate of drug-likeness (QED) is 0.788. The van der Waals surface area contributed by atoms with Gasteiger partial charge in [-0.3, -0.25) is 0 Å². The number of hydrogen-bond acceptors (Lipinski definition) is 6. The highest BCUT2D eigenvalue weighted by Gasteiger charge is 2.19. The number of ether oxygens (including phenoxy) is 1. The summed E-state index contributed by atoms with van der Waals surface area (Å²) >= 11 is 1.62. The fourth-order valence-corrected chi connectivity index (χ4v) is 2.37. The van der Waals surface area contributed by atoms with Gasteiger partial charge in [-0.05, 0) is 20.3 Å². The third kappa shape index (κ3) is 4.12. The van der Waals surface area contributed by atoms with Crippen molar-refractivity contribution in [3.8, 4) is 5.88 Å². The van der Waals surface area contributed by atoms with Crippen LogP contribution in [0.25, 0.3) is 0 Å². The number of aliphatic hydroxyl groups is 1. The van der Waals surface area contributed by atoms with Gasteiger partial charge in [-0.1, -0.05) is 11.3 Å². The molecule has 0 aliphatic rings. The number of aromatic nitrogens is 1. The highest BCUT2D eigenvalue weighted by molar-refractivity contribution is 7.15. The second kappa shape index (κ2) is 6.36. The minimum absolute atomic E-state index is 0.0952. The van der Waals surface area contributed by atoms with Gasteiger partial charge in [-0.25, -0.2) is 0 Å². The van der Waals surface area contributed by atoms with Crippen LogP contribution in [0.5, 0.6) is 5.88 Å². The Morgan fingerprint density at radius 1 is 1.44 bits per heavy atom. The van der Waals surface area contributed by atoms with E-state index in [-0.39, 0.29) is 12.1 Å². The maximum atomic E-state index is 9.00. The van der Waals surface area contributed by atoms with Crippen molar-refractivity contribution in [1.29, 1.82) is 0 Å². The van der Waals surface area contributed by atoms with Crippen LogP contribution < -0.4 is 15.0 Å². The number of anilines is 1. The van der Waals surface area contributed by atoms with Crippen molar-refractivity contribution in [1.82, 2.24) is 10.3 Å². The smallest absolute Gasteiger partial charge is 0.230 e. The zero-order chi connectivity index (χ0) is 13.8. The van der Waals surface area contributed by atoms with Crippen LogP contribution in [0, 0.1) is 0 Å². The van der Waals surface area contributed by atoms with Crippen LogP contribution >= 0.6 is 11.3 Å². The van der Waals surface area contributed by atoms with Crippen molar-refractivity contribution >= 4 is 16.5 Å². The maximum Gasteiger partial charge on any atom is 0.230 e. The van der Waals surface area contributed by atoms with Gasteiger partial charge in [0.2, 0.25) is 5.88 Å². The summed E-state index contributed by atoms with van der Waals surface area (Å²) in [7, 11) is 5.56. The first-order chi connectivity index (χ1) is 8.39. The number of methoxy groups -OCH3 is 1. The fraction of sp³-hybridized carbons (Fsp3) is 0.750. The third-order valence-corrected chi connectivity index (χ3v) is 3.89. The van der Waals surface area contributed by atoms with E-state index in [1.807, 2.05) is 19.0 Å². The van der Waals surface area contributed by atoms with E-state index in [1.165, 1.54) is 0 Å². The lowest BCUT2D eigenvalue weighted by molar-refractivity contribution is 0.230. The Bertz CT molecular complexity index is 377. The average Bonchev–Trinajstić information content (AvgIpc) is 2.69. The minimum Gasteiger partial charge on any atom is -0.480 e. The van der Waals surface area contributed by atoms with Gasteiger partial charge in [0.05, 0.1) is 12.0 Å². The molecule has 1 aromatic heterocycles. The molecule has 0 saturated carbocycles. The third-order valence-electron chi connectivity index (χ3n) is 2.69. The van der Waals surface area contributed by atoms with Crippen molar-refractivity contribution in [3.05, 3.63) is 4.88 Å². The number of thiazole rings is 1. The predicted molar refractivity (Wildman–Crippen MR) is 75.6 cm³/mol. The fourth-order valence-electron chi connectivity index (χ4n) is 1.48. The molecule has 2 N–H and O–H groups in total. The molecule has 0 bridgehead atoms. The van der Waals surface area contributed by atoms with E-state index in [0.29, 0.717) is 18.8 Å². The SMILES string of the molecule is COc1nc(N(C)C)sc1CNC(C)(C)CCO. The van der Waals surface area contributed by atoms with E-state index in [9.17, 15) is 0 Å². The van der Waals surface area contributed by atoms with Crippen molar-refractivity contribution in [2.75, 3.05) is 32.7 Å². The van der Waals surface area contributed by atoms with Gasteiger partial charge in [-0.15, -0.1) is 0 Å². The molecule has 0 saturated heterocycles. The van der Waals surface area contributed by atoms with Gasteiger partial charge < -0.3 is 20.1 Å². The number of nitrogens with zero attached hydrogens (tertiary/aromatic N) is 2. The van der Waals surface area contributed by atoms with Gasteiger partial charge in [0, 0.05) is 32.8 Å². The summed E-state index contributed by atoms with van der Waals surface area (Å²) in [6.07, 6.45) is 0.717. The Kier molecular flexibility index (Phi) is 5.37. The number of aliphatic hydroxyl groups excluding tert-OH is 1. The van der Waals surface area contributed by atoms with Gasteiger partial charge in [-0.2, -0.15) is 4.98 Å². The van der Waals surface area contributed by atoms with Crippen LogP contribution in [0.4, 0.5) is 5.13 Å². The zero-order valence-electron chi connectivity index (χ0n) is 11.8. The van der Waals surface area contributed by atoms with Gasteiger partial charge in [0.1, 0.15) is 0 Å². The second-order valence-corrected chi connectivity index (χ2v) is 6.10. The summed E-state index contributed by atoms with van der Waals surface area (Å²) in [5, 5.41) is 13.3. The molecule has 0 unspecified atom stereocenters. The van der Waals surface area contributed by atoms with E-state index in [1.54, 1.807) is 18.4 Å². The Hall–Kier alpha value is -0.850. The highest BCUT2D eigenvalue weighted by Crippen LogP contribution is 2.30. The lowest BCUT2D eigenvalue weighted by Gasteiger charge is -2.25. The summed E-state index contributed by atoms with van der Waals surface area (Å²) in [6, 6.07) is 0. The minimum atomic E-state index is -0.0952. The van der Waals surface area contributed by atoms with Crippen LogP contribution in [0.2, 0.25) is 0 Å². The molecule has 18 heavy (non-hydrogen) atoms. The van der Waals surface area contributed by atoms with E-state index in [4.69, 9.17) is 9.84 Å². The van der Waals surface area contributed by atoms with E-state index < -0.39 is 0 Å². The Labute approximate surface area is 113 Å². The molecule has 1 aromatic rings. The Morgan fingerprint density at radius 3 is 2.61 bits per heavy atom.